The summed E-state index contributed by atoms with van der Waals surface area (Å²) in [6.07, 6.45) is 0. The van der Waals surface area contributed by atoms with Crippen molar-refractivity contribution in [3.05, 3.63) is 65.0 Å². The number of amides is 1. The van der Waals surface area contributed by atoms with Crippen LogP contribution in [0.15, 0.2) is 59.6 Å². The fraction of sp³-hybridized carbons (Fsp3) is 0.143. The molecule has 6 heteroatoms. The van der Waals surface area contributed by atoms with Crippen LogP contribution in [0.4, 0.5) is 0 Å². The summed E-state index contributed by atoms with van der Waals surface area (Å²) >= 11 is 1.48. The number of hydrogen-bond acceptors (Lipinski definition) is 4. The molecule has 5 rings (SSSR count). The molecule has 1 aliphatic heterocycles. The quantitative estimate of drug-likeness (QED) is 0.523. The van der Waals surface area contributed by atoms with E-state index >= 15 is 0 Å². The number of hydrogen-bond donors (Lipinski definition) is 0. The number of carbonyl (C=O) groups is 1. The van der Waals surface area contributed by atoms with E-state index in [0.717, 1.165) is 32.5 Å². The van der Waals surface area contributed by atoms with Crippen LogP contribution in [-0.2, 0) is 6.54 Å². The highest BCUT2D eigenvalue weighted by molar-refractivity contribution is 7.16. The van der Waals surface area contributed by atoms with E-state index in [4.69, 9.17) is 9.47 Å². The van der Waals surface area contributed by atoms with Gasteiger partial charge in [0.1, 0.15) is 0 Å². The number of benzene rings is 3. The Bertz CT molecular complexity index is 1270. The van der Waals surface area contributed by atoms with Crippen LogP contribution in [0.1, 0.15) is 17.3 Å². The number of thiazole rings is 1. The molecule has 2 heterocycles. The monoisotopic (exact) mass is 376 g/mol. The average molecular weight is 376 g/mol. The molecular weight excluding hydrogens is 360 g/mol. The number of ether oxygens (including phenoxy) is 2. The Morgan fingerprint density at radius 3 is 2.67 bits per heavy atom. The lowest BCUT2D eigenvalue weighted by Gasteiger charge is -2.02. The van der Waals surface area contributed by atoms with Crippen molar-refractivity contribution in [2.45, 2.75) is 13.5 Å². The number of rotatable bonds is 2. The minimum absolute atomic E-state index is 0.241. The maximum Gasteiger partial charge on any atom is 0.279 e. The Morgan fingerprint density at radius 2 is 1.85 bits per heavy atom. The minimum atomic E-state index is -0.241. The van der Waals surface area contributed by atoms with E-state index in [2.05, 4.69) is 4.99 Å². The first-order valence-electron chi connectivity index (χ1n) is 8.74. The third kappa shape index (κ3) is 2.69. The number of fused-ring (bicyclic) bond motifs is 3. The van der Waals surface area contributed by atoms with Gasteiger partial charge in [-0.3, -0.25) is 4.79 Å². The average Bonchev–Trinajstić information content (AvgIpc) is 3.28. The van der Waals surface area contributed by atoms with Crippen molar-refractivity contribution in [1.82, 2.24) is 4.57 Å². The molecule has 27 heavy (non-hydrogen) atoms. The van der Waals surface area contributed by atoms with Gasteiger partial charge in [0.25, 0.3) is 5.91 Å². The van der Waals surface area contributed by atoms with Gasteiger partial charge in [-0.25, -0.2) is 0 Å². The van der Waals surface area contributed by atoms with Crippen LogP contribution in [0.5, 0.6) is 11.5 Å². The van der Waals surface area contributed by atoms with E-state index in [-0.39, 0.29) is 12.7 Å². The second-order valence-corrected chi connectivity index (χ2v) is 7.29. The summed E-state index contributed by atoms with van der Waals surface area (Å²) in [5.74, 6) is 1.23. The van der Waals surface area contributed by atoms with Gasteiger partial charge in [0, 0.05) is 24.2 Å². The molecule has 0 spiro atoms. The summed E-state index contributed by atoms with van der Waals surface area (Å²) in [5.41, 5.74) is 1.58. The fourth-order valence-corrected chi connectivity index (χ4v) is 4.43. The van der Waals surface area contributed by atoms with Crippen molar-refractivity contribution in [3.8, 4) is 11.5 Å². The Balaban J connectivity index is 1.62. The standard InChI is InChI=1S/C21H16N2O3S/c1-2-23-16-10-17-18(26-12-25-17)11-19(16)27-21(23)22-20(24)15-8-7-13-5-3-4-6-14(13)9-15/h3-11H,2,12H2,1H3. The first-order chi connectivity index (χ1) is 13.2. The van der Waals surface area contributed by atoms with Gasteiger partial charge in [-0.05, 0) is 29.8 Å². The normalized spacial score (nSPS) is 13.6. The zero-order valence-electron chi connectivity index (χ0n) is 14.6. The predicted octanol–water partition coefficient (Wildman–Crippen LogP) is 4.35. The molecule has 0 radical (unpaired) electrons. The Morgan fingerprint density at radius 1 is 1.07 bits per heavy atom. The van der Waals surface area contributed by atoms with Crippen molar-refractivity contribution < 1.29 is 14.3 Å². The summed E-state index contributed by atoms with van der Waals surface area (Å²) in [5, 5.41) is 2.14. The van der Waals surface area contributed by atoms with Crippen LogP contribution in [0, 0.1) is 0 Å². The maximum atomic E-state index is 12.8. The molecule has 3 aromatic carbocycles. The molecule has 1 amide bonds. The van der Waals surface area contributed by atoms with Crippen molar-refractivity contribution in [2.24, 2.45) is 4.99 Å². The van der Waals surface area contributed by atoms with Crippen LogP contribution < -0.4 is 14.3 Å². The van der Waals surface area contributed by atoms with Gasteiger partial charge in [0.2, 0.25) is 6.79 Å². The molecule has 5 nitrogen and oxygen atoms in total. The molecule has 134 valence electrons. The Kier molecular flexibility index (Phi) is 3.72. The zero-order chi connectivity index (χ0) is 18.4. The van der Waals surface area contributed by atoms with E-state index < -0.39 is 0 Å². The van der Waals surface area contributed by atoms with Crippen molar-refractivity contribution in [3.63, 3.8) is 0 Å². The lowest BCUT2D eigenvalue weighted by Crippen LogP contribution is -2.15. The van der Waals surface area contributed by atoms with Crippen LogP contribution in [-0.4, -0.2) is 17.3 Å². The van der Waals surface area contributed by atoms with Gasteiger partial charge in [-0.1, -0.05) is 41.7 Å². The summed E-state index contributed by atoms with van der Waals surface area (Å²) in [4.78, 5) is 17.9. The third-order valence-corrected chi connectivity index (χ3v) is 5.73. The molecule has 0 saturated heterocycles. The number of nitrogens with zero attached hydrogens (tertiary/aromatic N) is 2. The topological polar surface area (TPSA) is 52.8 Å². The molecule has 1 aliphatic rings. The molecule has 0 saturated carbocycles. The molecule has 1 aromatic heterocycles. The van der Waals surface area contributed by atoms with Crippen LogP contribution >= 0.6 is 11.3 Å². The summed E-state index contributed by atoms with van der Waals surface area (Å²) in [6.45, 7) is 3.00. The summed E-state index contributed by atoms with van der Waals surface area (Å²) in [6, 6.07) is 17.6. The van der Waals surface area contributed by atoms with E-state index in [1.54, 1.807) is 0 Å². The van der Waals surface area contributed by atoms with Gasteiger partial charge in [0.15, 0.2) is 16.3 Å². The third-order valence-electron chi connectivity index (χ3n) is 4.69. The van der Waals surface area contributed by atoms with Gasteiger partial charge >= 0.3 is 0 Å². The Labute approximate surface area is 159 Å². The van der Waals surface area contributed by atoms with E-state index in [0.29, 0.717) is 16.9 Å². The highest BCUT2D eigenvalue weighted by atomic mass is 32.1. The highest BCUT2D eigenvalue weighted by Crippen LogP contribution is 2.36. The van der Waals surface area contributed by atoms with Gasteiger partial charge < -0.3 is 14.0 Å². The molecule has 0 N–H and O–H groups in total. The van der Waals surface area contributed by atoms with Crippen LogP contribution in [0.3, 0.4) is 0 Å². The Hall–Kier alpha value is -3.12. The summed E-state index contributed by atoms with van der Waals surface area (Å²) in [7, 11) is 0. The van der Waals surface area contributed by atoms with Gasteiger partial charge in [-0.15, -0.1) is 0 Å². The number of aryl methyl sites for hydroxylation is 1. The molecule has 0 atom stereocenters. The van der Waals surface area contributed by atoms with Gasteiger partial charge in [-0.2, -0.15) is 4.99 Å². The second-order valence-electron chi connectivity index (χ2n) is 6.28. The molecule has 0 aliphatic carbocycles. The van der Waals surface area contributed by atoms with E-state index in [9.17, 15) is 4.79 Å². The van der Waals surface area contributed by atoms with Gasteiger partial charge in [0.05, 0.1) is 10.2 Å². The lowest BCUT2D eigenvalue weighted by atomic mass is 10.1. The fourth-order valence-electron chi connectivity index (χ4n) is 3.32. The van der Waals surface area contributed by atoms with Crippen LogP contribution in [0.2, 0.25) is 0 Å². The first-order valence-corrected chi connectivity index (χ1v) is 9.55. The molecular formula is C21H16N2O3S. The van der Waals surface area contributed by atoms with Crippen molar-refractivity contribution in [1.29, 1.82) is 0 Å². The van der Waals surface area contributed by atoms with Crippen molar-refractivity contribution >= 4 is 38.2 Å². The zero-order valence-corrected chi connectivity index (χ0v) is 15.5. The SMILES string of the molecule is CCn1c(=NC(=O)c2ccc3ccccc3c2)sc2cc3c(cc21)OCO3. The smallest absolute Gasteiger partial charge is 0.279 e. The van der Waals surface area contributed by atoms with Crippen molar-refractivity contribution in [2.75, 3.05) is 6.79 Å². The minimum Gasteiger partial charge on any atom is -0.454 e. The lowest BCUT2D eigenvalue weighted by molar-refractivity contribution is 0.0998. The summed E-state index contributed by atoms with van der Waals surface area (Å²) < 4.78 is 14.0. The first kappa shape index (κ1) is 16.1. The molecule has 0 fully saturated rings. The maximum absolute atomic E-state index is 12.8. The second kappa shape index (κ2) is 6.25. The predicted molar refractivity (Wildman–Crippen MR) is 105 cm³/mol. The molecule has 0 unspecified atom stereocenters. The molecule has 0 bridgehead atoms. The van der Waals surface area contributed by atoms with E-state index in [1.807, 2.05) is 66.1 Å². The molecule has 4 aromatic rings. The highest BCUT2D eigenvalue weighted by Gasteiger charge is 2.17. The largest absolute Gasteiger partial charge is 0.454 e. The number of aromatic nitrogens is 1. The van der Waals surface area contributed by atoms with Crippen LogP contribution in [0.25, 0.3) is 21.0 Å². The van der Waals surface area contributed by atoms with E-state index in [1.165, 1.54) is 11.3 Å². The number of carbonyl (C=O) groups excluding carboxylic acids is 1.